The van der Waals surface area contributed by atoms with Gasteiger partial charge in [-0.05, 0) is 0 Å². The second-order valence-corrected chi connectivity index (χ2v) is 11.0. The first kappa shape index (κ1) is 15.6. The average Bonchev–Trinajstić information content (AvgIpc) is 2.58. The van der Waals surface area contributed by atoms with Gasteiger partial charge in [-0.2, -0.15) is 0 Å². The molecule has 0 unspecified atom stereocenters. The Bertz CT molecular complexity index is 616. The van der Waals surface area contributed by atoms with E-state index in [-0.39, 0.29) is 0 Å². The summed E-state index contributed by atoms with van der Waals surface area (Å²) < 4.78 is -0.473. The van der Waals surface area contributed by atoms with Crippen LogP contribution in [0.3, 0.4) is 0 Å². The van der Waals surface area contributed by atoms with Gasteiger partial charge in [0.2, 0.25) is 0 Å². The molecule has 0 aliphatic heterocycles. The van der Waals surface area contributed by atoms with Crippen LogP contribution in [0.15, 0.2) is 91.0 Å². The molecule has 3 aromatic rings. The van der Waals surface area contributed by atoms with Crippen molar-refractivity contribution in [1.29, 1.82) is 0 Å². The van der Waals surface area contributed by atoms with Crippen LogP contribution in [0, 0.1) is 0 Å². The molecule has 0 fully saturated rings. The Hall–Kier alpha value is -1.33. The van der Waals surface area contributed by atoms with Crippen molar-refractivity contribution < 1.29 is 0 Å². The molecule has 0 nitrogen and oxygen atoms in total. The Balaban J connectivity index is 2.34. The second-order valence-electron chi connectivity index (χ2n) is 5.21. The predicted molar refractivity (Wildman–Crippen MR) is 102 cm³/mol. The molecule has 0 atom stereocenters. The summed E-state index contributed by atoms with van der Waals surface area (Å²) in [5.74, 6) is 0. The van der Waals surface area contributed by atoms with Crippen molar-refractivity contribution in [3.8, 4) is 0 Å². The van der Waals surface area contributed by atoms with Gasteiger partial charge >= 0.3 is 142 Å². The van der Waals surface area contributed by atoms with Crippen LogP contribution < -0.4 is 15.9 Å². The second kappa shape index (κ2) is 6.84. The van der Waals surface area contributed by atoms with Gasteiger partial charge in [-0.3, -0.25) is 0 Å². The van der Waals surface area contributed by atoms with Crippen LogP contribution in [-0.4, -0.2) is 4.58 Å². The standard InChI is InChI=1S/C19H17Cl2P/c20-19(21)22(16-10-4-1-5-11-16,17-12-6-2-7-13-17)18-14-8-3-9-15-18/h1-15,19,22H. The van der Waals surface area contributed by atoms with E-state index in [1.165, 1.54) is 15.9 Å². The van der Waals surface area contributed by atoms with E-state index in [4.69, 9.17) is 23.2 Å². The molecular weight excluding hydrogens is 330 g/mol. The summed E-state index contributed by atoms with van der Waals surface area (Å²) in [5.41, 5.74) is 0. The van der Waals surface area contributed by atoms with E-state index in [9.17, 15) is 0 Å². The van der Waals surface area contributed by atoms with Crippen LogP contribution in [0.2, 0.25) is 0 Å². The van der Waals surface area contributed by atoms with E-state index < -0.39 is 11.8 Å². The van der Waals surface area contributed by atoms with Gasteiger partial charge in [0.1, 0.15) is 0 Å². The van der Waals surface area contributed by atoms with Crippen molar-refractivity contribution >= 4 is 46.4 Å². The zero-order valence-corrected chi connectivity index (χ0v) is 14.5. The van der Waals surface area contributed by atoms with Crippen molar-refractivity contribution in [2.75, 3.05) is 0 Å². The number of alkyl halides is 2. The molecule has 3 heteroatoms. The van der Waals surface area contributed by atoms with Crippen LogP contribution in [-0.2, 0) is 0 Å². The van der Waals surface area contributed by atoms with Crippen molar-refractivity contribution in [2.45, 2.75) is 4.58 Å². The van der Waals surface area contributed by atoms with E-state index in [0.29, 0.717) is 0 Å². The van der Waals surface area contributed by atoms with Crippen molar-refractivity contribution in [3.05, 3.63) is 91.0 Å². The third kappa shape index (κ3) is 2.68. The molecule has 0 aromatic heterocycles. The Kier molecular flexibility index (Phi) is 4.84. The van der Waals surface area contributed by atoms with E-state index in [1.807, 2.05) is 18.2 Å². The van der Waals surface area contributed by atoms with E-state index >= 15 is 0 Å². The number of benzene rings is 3. The van der Waals surface area contributed by atoms with Gasteiger partial charge in [0, 0.05) is 0 Å². The van der Waals surface area contributed by atoms with Gasteiger partial charge in [0.15, 0.2) is 0 Å². The van der Waals surface area contributed by atoms with Crippen molar-refractivity contribution in [1.82, 2.24) is 0 Å². The minimum atomic E-state index is -2.47. The molecule has 0 N–H and O–H groups in total. The third-order valence-corrected chi connectivity index (χ3v) is 10.4. The van der Waals surface area contributed by atoms with E-state index in [0.717, 1.165) is 0 Å². The normalized spacial score (nSPS) is 12.3. The SMILES string of the molecule is ClC(Cl)[PH](c1ccccc1)(c1ccccc1)c1ccccc1. The van der Waals surface area contributed by atoms with Gasteiger partial charge in [-0.1, -0.05) is 0 Å². The Morgan fingerprint density at radius 1 is 0.500 bits per heavy atom. The molecule has 0 bridgehead atoms. The number of hydrogen-bond donors (Lipinski definition) is 0. The third-order valence-electron chi connectivity index (χ3n) is 4.01. The summed E-state index contributed by atoms with van der Waals surface area (Å²) in [7, 11) is -2.47. The number of rotatable bonds is 4. The van der Waals surface area contributed by atoms with Crippen LogP contribution in [0.1, 0.15) is 0 Å². The zero-order valence-electron chi connectivity index (χ0n) is 12.0. The summed E-state index contributed by atoms with van der Waals surface area (Å²) in [4.78, 5) is 0. The predicted octanol–water partition coefficient (Wildman–Crippen LogP) is 4.47. The molecular formula is C19H17Cl2P. The maximum atomic E-state index is 6.63. The van der Waals surface area contributed by atoms with E-state index in [1.54, 1.807) is 0 Å². The molecule has 0 spiro atoms. The van der Waals surface area contributed by atoms with Crippen LogP contribution in [0.5, 0.6) is 0 Å². The summed E-state index contributed by atoms with van der Waals surface area (Å²) in [5, 5.41) is 3.67. The Labute approximate surface area is 142 Å². The average molecular weight is 347 g/mol. The van der Waals surface area contributed by atoms with Crippen molar-refractivity contribution in [2.24, 2.45) is 0 Å². The molecule has 3 rings (SSSR count). The molecule has 112 valence electrons. The zero-order chi connectivity index (χ0) is 15.4. The summed E-state index contributed by atoms with van der Waals surface area (Å²) in [6.45, 7) is 0. The van der Waals surface area contributed by atoms with Crippen LogP contribution >= 0.6 is 30.5 Å². The minimum absolute atomic E-state index is 0.473. The molecule has 0 saturated heterocycles. The monoisotopic (exact) mass is 346 g/mol. The molecule has 0 heterocycles. The molecule has 22 heavy (non-hydrogen) atoms. The number of halogens is 2. The van der Waals surface area contributed by atoms with Gasteiger partial charge in [-0.25, -0.2) is 0 Å². The Morgan fingerprint density at radius 3 is 1.00 bits per heavy atom. The van der Waals surface area contributed by atoms with Gasteiger partial charge in [-0.15, -0.1) is 0 Å². The Morgan fingerprint density at radius 2 is 0.773 bits per heavy atom. The van der Waals surface area contributed by atoms with E-state index in [2.05, 4.69) is 72.8 Å². The quantitative estimate of drug-likeness (QED) is 0.482. The fourth-order valence-electron chi connectivity index (χ4n) is 2.98. The molecule has 0 aliphatic carbocycles. The topological polar surface area (TPSA) is 0 Å². The molecule has 3 aromatic carbocycles. The van der Waals surface area contributed by atoms with Gasteiger partial charge < -0.3 is 0 Å². The molecule has 0 aliphatic rings. The summed E-state index contributed by atoms with van der Waals surface area (Å²) >= 11 is 13.3. The van der Waals surface area contributed by atoms with Crippen molar-refractivity contribution in [3.63, 3.8) is 0 Å². The summed E-state index contributed by atoms with van der Waals surface area (Å²) in [6, 6.07) is 31.3. The van der Waals surface area contributed by atoms with Crippen LogP contribution in [0.25, 0.3) is 0 Å². The number of hydrogen-bond acceptors (Lipinski definition) is 0. The first-order valence-electron chi connectivity index (χ1n) is 7.21. The molecule has 0 amide bonds. The first-order chi connectivity index (χ1) is 10.8. The summed E-state index contributed by atoms with van der Waals surface area (Å²) in [6.07, 6.45) is 0. The fraction of sp³-hybridized carbons (Fsp3) is 0.0526. The van der Waals surface area contributed by atoms with Gasteiger partial charge in [0.05, 0.1) is 0 Å². The molecule has 0 radical (unpaired) electrons. The van der Waals surface area contributed by atoms with Gasteiger partial charge in [0.25, 0.3) is 0 Å². The van der Waals surface area contributed by atoms with Crippen LogP contribution in [0.4, 0.5) is 0 Å². The fourth-order valence-corrected chi connectivity index (χ4v) is 9.16. The molecule has 0 saturated carbocycles. The first-order valence-corrected chi connectivity index (χ1v) is 10.2. The maximum absolute atomic E-state index is 6.63.